The van der Waals surface area contributed by atoms with Crippen LogP contribution in [0.25, 0.3) is 11.8 Å². The van der Waals surface area contributed by atoms with Gasteiger partial charge in [0, 0.05) is 25.5 Å². The van der Waals surface area contributed by atoms with Crippen molar-refractivity contribution in [1.82, 2.24) is 25.8 Å². The minimum absolute atomic E-state index is 0.130. The van der Waals surface area contributed by atoms with Crippen molar-refractivity contribution in [3.05, 3.63) is 119 Å². The third kappa shape index (κ3) is 10.8. The lowest BCUT2D eigenvalue weighted by atomic mass is 9.95. The third-order valence-corrected chi connectivity index (χ3v) is 7.09. The number of hydrogen-bond acceptors (Lipinski definition) is 8. The fraction of sp³-hybridized carbons (Fsp3) is 0.235. The number of carbonyl (C=O) groups excluding carboxylic acids is 3. The number of aliphatic hydroxyl groups excluding tert-OH is 2. The molecule has 0 aliphatic heterocycles. The number of ether oxygens (including phenoxy) is 1. The van der Waals surface area contributed by atoms with E-state index in [0.717, 1.165) is 16.9 Å². The van der Waals surface area contributed by atoms with Crippen LogP contribution in [0.3, 0.4) is 0 Å². The fourth-order valence-corrected chi connectivity index (χ4v) is 4.64. The molecule has 7 N–H and O–H groups in total. The second kappa shape index (κ2) is 18.6. The molecule has 0 aliphatic carbocycles. The molecule has 0 saturated carbocycles. The number of aliphatic hydroxyl groups is 2. The molecule has 4 rings (SSSR count). The van der Waals surface area contributed by atoms with Gasteiger partial charge in [-0.3, -0.25) is 30.7 Å². The lowest BCUT2D eigenvalue weighted by Gasteiger charge is -2.16. The summed E-state index contributed by atoms with van der Waals surface area (Å²) in [6, 6.07) is 16.4. The van der Waals surface area contributed by atoms with Gasteiger partial charge >= 0.3 is 0 Å². The number of rotatable bonds is 12. The summed E-state index contributed by atoms with van der Waals surface area (Å²) >= 11 is 0. The van der Waals surface area contributed by atoms with Gasteiger partial charge in [0.15, 0.2) is 0 Å². The van der Waals surface area contributed by atoms with Crippen molar-refractivity contribution in [3.63, 3.8) is 0 Å². The van der Waals surface area contributed by atoms with E-state index >= 15 is 0 Å². The standard InChI is InChI=1S/C24H25FN4O4.C10H13FN2O2/c1-16-14-29(15-26-16)21-9-3-17(13-22(21)33-2)4-10-23(31)27-28-24(32)20(11-12-30)18-5-7-19(25)8-6-18;11-8-3-1-7(2-4-8)9(5-6-14)10(15)13-12/h3-10,13-15,20,30H,11-12H2,1-2H3,(H,27,31)(H,28,32);1-4,9,14H,5-6,12H2,(H,13,15)/b10-4+;. The van der Waals surface area contributed by atoms with Gasteiger partial charge in [0.1, 0.15) is 17.4 Å². The van der Waals surface area contributed by atoms with E-state index in [0.29, 0.717) is 16.9 Å². The molecule has 3 aromatic carbocycles. The maximum atomic E-state index is 13.1. The number of methoxy groups -OCH3 is 1. The van der Waals surface area contributed by atoms with Gasteiger partial charge in [-0.1, -0.05) is 30.3 Å². The Hall–Kier alpha value is -5.44. The Morgan fingerprint density at radius 3 is 1.94 bits per heavy atom. The van der Waals surface area contributed by atoms with Crippen LogP contribution in [0.4, 0.5) is 8.78 Å². The highest BCUT2D eigenvalue weighted by Crippen LogP contribution is 2.25. The summed E-state index contributed by atoms with van der Waals surface area (Å²) in [6.07, 6.45) is 6.81. The Morgan fingerprint density at radius 1 is 0.896 bits per heavy atom. The monoisotopic (exact) mass is 664 g/mol. The molecule has 0 saturated heterocycles. The van der Waals surface area contributed by atoms with E-state index in [2.05, 4.69) is 15.8 Å². The van der Waals surface area contributed by atoms with E-state index in [1.165, 1.54) is 54.6 Å². The molecule has 12 nitrogen and oxygen atoms in total. The number of nitrogens with two attached hydrogens (primary N) is 1. The number of halogens is 2. The Kier molecular flexibility index (Phi) is 14.4. The van der Waals surface area contributed by atoms with E-state index < -0.39 is 35.4 Å². The predicted octanol–water partition coefficient (Wildman–Crippen LogP) is 2.94. The molecule has 4 aromatic rings. The molecule has 3 amide bonds. The van der Waals surface area contributed by atoms with Gasteiger partial charge in [0.05, 0.1) is 36.7 Å². The van der Waals surface area contributed by atoms with Gasteiger partial charge < -0.3 is 19.5 Å². The van der Waals surface area contributed by atoms with Crippen LogP contribution < -0.4 is 26.9 Å². The summed E-state index contributed by atoms with van der Waals surface area (Å²) in [5.41, 5.74) is 10.3. The first kappa shape index (κ1) is 37.0. The number of hydrogen-bond donors (Lipinski definition) is 6. The highest BCUT2D eigenvalue weighted by Gasteiger charge is 2.21. The number of benzene rings is 3. The maximum absolute atomic E-state index is 13.1. The first-order valence-corrected chi connectivity index (χ1v) is 14.8. The van der Waals surface area contributed by atoms with Gasteiger partial charge in [-0.15, -0.1) is 0 Å². The largest absolute Gasteiger partial charge is 0.495 e. The van der Waals surface area contributed by atoms with Crippen molar-refractivity contribution in [3.8, 4) is 11.4 Å². The van der Waals surface area contributed by atoms with Crippen molar-refractivity contribution in [1.29, 1.82) is 0 Å². The summed E-state index contributed by atoms with van der Waals surface area (Å²) in [6.45, 7) is 1.53. The zero-order valence-corrected chi connectivity index (χ0v) is 26.4. The molecule has 254 valence electrons. The molecular formula is C34H38F2N6O6. The van der Waals surface area contributed by atoms with Crippen LogP contribution in [0, 0.1) is 18.6 Å². The molecule has 48 heavy (non-hydrogen) atoms. The summed E-state index contributed by atoms with van der Waals surface area (Å²) in [4.78, 5) is 40.2. The van der Waals surface area contributed by atoms with Crippen molar-refractivity contribution in [2.75, 3.05) is 20.3 Å². The molecule has 0 fully saturated rings. The van der Waals surface area contributed by atoms with Crippen LogP contribution in [0.5, 0.6) is 5.75 Å². The predicted molar refractivity (Wildman–Crippen MR) is 174 cm³/mol. The molecular weight excluding hydrogens is 626 g/mol. The molecule has 0 radical (unpaired) electrons. The molecule has 0 bridgehead atoms. The van der Waals surface area contributed by atoms with Gasteiger partial charge in [-0.2, -0.15) is 0 Å². The van der Waals surface area contributed by atoms with Crippen LogP contribution in [-0.2, 0) is 14.4 Å². The van der Waals surface area contributed by atoms with Gasteiger partial charge in [-0.05, 0) is 78.9 Å². The minimum atomic E-state index is -0.733. The lowest BCUT2D eigenvalue weighted by Crippen LogP contribution is -2.43. The van der Waals surface area contributed by atoms with Crippen LogP contribution >= 0.6 is 0 Å². The van der Waals surface area contributed by atoms with E-state index in [9.17, 15) is 28.3 Å². The molecule has 14 heteroatoms. The summed E-state index contributed by atoms with van der Waals surface area (Å²) in [5, 5.41) is 18.1. The summed E-state index contributed by atoms with van der Waals surface area (Å²) < 4.78 is 33.1. The topological polar surface area (TPSA) is 181 Å². The second-order valence-electron chi connectivity index (χ2n) is 10.4. The summed E-state index contributed by atoms with van der Waals surface area (Å²) in [5.74, 6) is 2.10. The number of aryl methyl sites for hydroxylation is 1. The molecule has 1 heterocycles. The first-order chi connectivity index (χ1) is 23.1. The average molecular weight is 665 g/mol. The van der Waals surface area contributed by atoms with Gasteiger partial charge in [-0.25, -0.2) is 19.6 Å². The first-order valence-electron chi connectivity index (χ1n) is 14.8. The molecule has 2 atom stereocenters. The van der Waals surface area contributed by atoms with Crippen molar-refractivity contribution >= 4 is 23.8 Å². The number of aromatic nitrogens is 2. The Labute approximate surface area is 276 Å². The van der Waals surface area contributed by atoms with Crippen LogP contribution in [0.2, 0.25) is 0 Å². The van der Waals surface area contributed by atoms with Crippen LogP contribution in [-0.4, -0.2) is 57.8 Å². The van der Waals surface area contributed by atoms with E-state index in [1.807, 2.05) is 35.2 Å². The zero-order valence-electron chi connectivity index (χ0n) is 26.4. The highest BCUT2D eigenvalue weighted by molar-refractivity contribution is 5.94. The SMILES string of the molecule is COc1cc(/C=C/C(=O)NNC(=O)C(CCO)c2ccc(F)cc2)ccc1-n1cnc(C)c1.NNC(=O)C(CCO)c1ccc(F)cc1. The van der Waals surface area contributed by atoms with Crippen molar-refractivity contribution in [2.45, 2.75) is 31.6 Å². The number of amides is 3. The quantitative estimate of drug-likeness (QED) is 0.0579. The van der Waals surface area contributed by atoms with E-state index in [-0.39, 0.29) is 31.9 Å². The molecule has 1 aromatic heterocycles. The fourth-order valence-electron chi connectivity index (χ4n) is 4.64. The van der Waals surface area contributed by atoms with E-state index in [1.54, 1.807) is 25.6 Å². The second-order valence-corrected chi connectivity index (χ2v) is 10.4. The normalized spacial score (nSPS) is 12.0. The molecule has 0 spiro atoms. The maximum Gasteiger partial charge on any atom is 0.262 e. The Morgan fingerprint density at radius 2 is 1.46 bits per heavy atom. The number of nitrogens with one attached hydrogen (secondary N) is 3. The Balaban J connectivity index is 0.000000348. The number of imidazole rings is 1. The number of carbonyl (C=O) groups is 3. The van der Waals surface area contributed by atoms with Crippen molar-refractivity contribution in [2.24, 2.45) is 5.84 Å². The minimum Gasteiger partial charge on any atom is -0.495 e. The Bertz CT molecular complexity index is 1680. The van der Waals surface area contributed by atoms with Gasteiger partial charge in [0.2, 0.25) is 11.8 Å². The lowest BCUT2D eigenvalue weighted by molar-refractivity contribution is -0.128. The number of nitrogens with zero attached hydrogens (tertiary/aromatic N) is 2. The smallest absolute Gasteiger partial charge is 0.262 e. The van der Waals surface area contributed by atoms with Gasteiger partial charge in [0.25, 0.3) is 5.91 Å². The average Bonchev–Trinajstić information content (AvgIpc) is 3.54. The van der Waals surface area contributed by atoms with E-state index in [4.69, 9.17) is 15.7 Å². The molecule has 2 unspecified atom stereocenters. The zero-order chi connectivity index (χ0) is 35.1. The van der Waals surface area contributed by atoms with Crippen LogP contribution in [0.15, 0.2) is 85.3 Å². The highest BCUT2D eigenvalue weighted by atomic mass is 19.1. The van der Waals surface area contributed by atoms with Crippen LogP contribution in [0.1, 0.15) is 47.1 Å². The molecule has 0 aliphatic rings. The third-order valence-electron chi connectivity index (χ3n) is 7.09. The summed E-state index contributed by atoms with van der Waals surface area (Å²) in [7, 11) is 1.56. The number of hydrazine groups is 2. The van der Waals surface area contributed by atoms with Crippen molar-refractivity contribution < 1.29 is 38.1 Å².